The molecule has 0 fully saturated rings. The fourth-order valence-corrected chi connectivity index (χ4v) is 0. The van der Waals surface area contributed by atoms with Gasteiger partial charge in [-0.3, -0.25) is 0 Å². The third-order valence-corrected chi connectivity index (χ3v) is 0.816. The van der Waals surface area contributed by atoms with Crippen molar-refractivity contribution in [3.05, 3.63) is 0 Å². The molecule has 0 aliphatic rings. The van der Waals surface area contributed by atoms with Crippen LogP contribution in [0.3, 0.4) is 0 Å². The van der Waals surface area contributed by atoms with Crippen LogP contribution in [0.4, 0.5) is 0 Å². The van der Waals surface area contributed by atoms with Gasteiger partial charge in [-0.1, -0.05) is 27.2 Å². The Hall–Kier alpha value is -0.0400. The normalized spacial score (nSPS) is 7.71. The van der Waals surface area contributed by atoms with Gasteiger partial charge in [-0.2, -0.15) is 0 Å². The lowest BCUT2D eigenvalue weighted by atomic mass is 10.2. The molecule has 0 heterocycles. The molecule has 7 heavy (non-hydrogen) atoms. The van der Waals surface area contributed by atoms with Crippen LogP contribution in [0.25, 0.3) is 0 Å². The summed E-state index contributed by atoms with van der Waals surface area (Å²) in [6, 6.07) is 0. The summed E-state index contributed by atoms with van der Waals surface area (Å²) in [5, 5.41) is 0. The highest BCUT2D eigenvalue weighted by Gasteiger charge is 1.80. The van der Waals surface area contributed by atoms with Crippen LogP contribution in [0.15, 0.2) is 0 Å². The van der Waals surface area contributed by atoms with E-state index in [1.54, 1.807) is 0 Å². The number of rotatable bonds is 1. The van der Waals surface area contributed by atoms with Gasteiger partial charge in [-0.05, 0) is 13.0 Å². The molecule has 0 saturated carbocycles. The van der Waals surface area contributed by atoms with Gasteiger partial charge < -0.3 is 5.73 Å². The molecule has 2 N–H and O–H groups in total. The summed E-state index contributed by atoms with van der Waals surface area (Å²) in [6.45, 7) is 6.64. The Labute approximate surface area is 46.9 Å². The second-order valence-corrected chi connectivity index (χ2v) is 1.80. The van der Waals surface area contributed by atoms with Gasteiger partial charge in [-0.25, -0.2) is 0 Å². The number of nitrogens with two attached hydrogens (primary N) is 1. The van der Waals surface area contributed by atoms with Crippen molar-refractivity contribution in [3.8, 4) is 0 Å². The summed E-state index contributed by atoms with van der Waals surface area (Å²) in [7, 11) is 1.50. The van der Waals surface area contributed by atoms with Gasteiger partial charge in [0.15, 0.2) is 0 Å². The zero-order valence-corrected chi connectivity index (χ0v) is 5.86. The van der Waals surface area contributed by atoms with E-state index < -0.39 is 0 Å². The van der Waals surface area contributed by atoms with E-state index in [0.29, 0.717) is 0 Å². The van der Waals surface area contributed by atoms with Gasteiger partial charge in [-0.15, -0.1) is 0 Å². The van der Waals surface area contributed by atoms with Crippen LogP contribution in [0.5, 0.6) is 0 Å². The largest absolute Gasteiger partial charge is 0.333 e. The SMILES string of the molecule is CCC(C)C.CN. The molecule has 1 nitrogen and oxygen atoms in total. The highest BCUT2D eigenvalue weighted by molar-refractivity contribution is 4.32. The van der Waals surface area contributed by atoms with Crippen molar-refractivity contribution in [2.45, 2.75) is 27.2 Å². The molecular formula is C6H17N. The Balaban J connectivity index is 0. The van der Waals surface area contributed by atoms with Crippen molar-refractivity contribution in [3.63, 3.8) is 0 Å². The first kappa shape index (κ1) is 10.0. The van der Waals surface area contributed by atoms with Crippen LogP contribution >= 0.6 is 0 Å². The second-order valence-electron chi connectivity index (χ2n) is 1.80. The molecule has 0 rings (SSSR count). The Kier molecular flexibility index (Phi) is 13.4. The first-order chi connectivity index (χ1) is 3.27. The monoisotopic (exact) mass is 103 g/mol. The molecule has 46 valence electrons. The Morgan fingerprint density at radius 3 is 1.43 bits per heavy atom. The van der Waals surface area contributed by atoms with Gasteiger partial charge in [0.1, 0.15) is 0 Å². The van der Waals surface area contributed by atoms with E-state index in [1.165, 1.54) is 13.5 Å². The van der Waals surface area contributed by atoms with E-state index >= 15 is 0 Å². The zero-order valence-electron chi connectivity index (χ0n) is 5.86. The van der Waals surface area contributed by atoms with E-state index in [-0.39, 0.29) is 0 Å². The molecule has 0 atom stereocenters. The molecule has 0 spiro atoms. The van der Waals surface area contributed by atoms with Crippen molar-refractivity contribution in [1.82, 2.24) is 0 Å². The molecule has 0 bridgehead atoms. The fraction of sp³-hybridized carbons (Fsp3) is 1.00. The van der Waals surface area contributed by atoms with Gasteiger partial charge in [0.05, 0.1) is 0 Å². The van der Waals surface area contributed by atoms with Crippen LogP contribution in [-0.2, 0) is 0 Å². The van der Waals surface area contributed by atoms with Crippen molar-refractivity contribution in [2.75, 3.05) is 7.05 Å². The van der Waals surface area contributed by atoms with Crippen LogP contribution in [0.1, 0.15) is 27.2 Å². The smallest absolute Gasteiger partial charge is 0.0195 e. The van der Waals surface area contributed by atoms with Gasteiger partial charge in [0.25, 0.3) is 0 Å². The van der Waals surface area contributed by atoms with Gasteiger partial charge in [0.2, 0.25) is 0 Å². The lowest BCUT2D eigenvalue weighted by Gasteiger charge is -1.90. The molecular weight excluding hydrogens is 86.1 g/mol. The average molecular weight is 103 g/mol. The number of hydrogen-bond donors (Lipinski definition) is 1. The van der Waals surface area contributed by atoms with Crippen LogP contribution in [-0.4, -0.2) is 7.05 Å². The molecule has 0 aromatic carbocycles. The molecule has 0 amide bonds. The maximum atomic E-state index is 4.50. The van der Waals surface area contributed by atoms with Crippen molar-refractivity contribution in [2.24, 2.45) is 11.7 Å². The van der Waals surface area contributed by atoms with E-state index in [9.17, 15) is 0 Å². The minimum absolute atomic E-state index is 0.884. The number of hydrogen-bond acceptors (Lipinski definition) is 1. The predicted molar refractivity (Wildman–Crippen MR) is 35.2 cm³/mol. The molecule has 0 radical (unpaired) electrons. The van der Waals surface area contributed by atoms with Crippen LogP contribution in [0, 0.1) is 5.92 Å². The van der Waals surface area contributed by atoms with Gasteiger partial charge >= 0.3 is 0 Å². The summed E-state index contributed by atoms with van der Waals surface area (Å²) in [6.07, 6.45) is 1.31. The van der Waals surface area contributed by atoms with Crippen molar-refractivity contribution < 1.29 is 0 Å². The first-order valence-corrected chi connectivity index (χ1v) is 2.85. The molecule has 0 aliphatic carbocycles. The standard InChI is InChI=1S/C5H12.CH5N/c1-4-5(2)3;1-2/h5H,4H2,1-3H3;2H2,1H3. The molecule has 0 aromatic heterocycles. The maximum absolute atomic E-state index is 4.50. The Morgan fingerprint density at radius 1 is 1.29 bits per heavy atom. The molecule has 1 heteroatoms. The fourth-order valence-electron chi connectivity index (χ4n) is 0. The minimum atomic E-state index is 0.884. The molecule has 0 saturated heterocycles. The lowest BCUT2D eigenvalue weighted by molar-refractivity contribution is 0.626. The topological polar surface area (TPSA) is 26.0 Å². The van der Waals surface area contributed by atoms with E-state index in [1.807, 2.05) is 0 Å². The van der Waals surface area contributed by atoms with Crippen LogP contribution in [0.2, 0.25) is 0 Å². The van der Waals surface area contributed by atoms with Crippen molar-refractivity contribution in [1.29, 1.82) is 0 Å². The second kappa shape index (κ2) is 9.35. The third kappa shape index (κ3) is 24.3. The van der Waals surface area contributed by atoms with Crippen molar-refractivity contribution >= 4 is 0 Å². The minimum Gasteiger partial charge on any atom is -0.333 e. The molecule has 0 aromatic rings. The third-order valence-electron chi connectivity index (χ3n) is 0.816. The summed E-state index contributed by atoms with van der Waals surface area (Å²) in [5.74, 6) is 0.884. The summed E-state index contributed by atoms with van der Waals surface area (Å²) in [5.41, 5.74) is 4.50. The van der Waals surface area contributed by atoms with E-state index in [4.69, 9.17) is 0 Å². The van der Waals surface area contributed by atoms with E-state index in [2.05, 4.69) is 26.5 Å². The molecule has 0 unspecified atom stereocenters. The molecule has 0 aliphatic heterocycles. The van der Waals surface area contributed by atoms with Crippen LogP contribution < -0.4 is 5.73 Å². The van der Waals surface area contributed by atoms with Gasteiger partial charge in [0, 0.05) is 0 Å². The highest BCUT2D eigenvalue weighted by atomic mass is 14.4. The Bertz CT molecular complexity index is 18.1. The summed E-state index contributed by atoms with van der Waals surface area (Å²) < 4.78 is 0. The average Bonchev–Trinajstić information content (AvgIpc) is 1.73. The lowest BCUT2D eigenvalue weighted by Crippen LogP contribution is -1.77. The quantitative estimate of drug-likeness (QED) is 0.536. The zero-order chi connectivity index (χ0) is 6.28. The predicted octanol–water partition coefficient (Wildman–Crippen LogP) is 1.63. The summed E-state index contributed by atoms with van der Waals surface area (Å²) >= 11 is 0. The highest BCUT2D eigenvalue weighted by Crippen LogP contribution is 1.93. The van der Waals surface area contributed by atoms with E-state index in [0.717, 1.165) is 5.92 Å². The first-order valence-electron chi connectivity index (χ1n) is 2.85. The maximum Gasteiger partial charge on any atom is -0.0195 e. The Morgan fingerprint density at radius 2 is 1.43 bits per heavy atom. The summed E-state index contributed by atoms with van der Waals surface area (Å²) in [4.78, 5) is 0.